The largest absolute Gasteiger partial charge is 0.325 e. The first kappa shape index (κ1) is 9.36. The maximum atomic E-state index is 5.54. The molecule has 0 bridgehead atoms. The van der Waals surface area contributed by atoms with Gasteiger partial charge in [-0.3, -0.25) is 4.68 Å². The Morgan fingerprint density at radius 1 is 1.57 bits per heavy atom. The highest BCUT2D eigenvalue weighted by molar-refractivity contribution is 7.15. The molecule has 0 spiro atoms. The van der Waals surface area contributed by atoms with E-state index in [0.717, 1.165) is 16.3 Å². The molecular formula is C9H12N4S. The van der Waals surface area contributed by atoms with Crippen molar-refractivity contribution in [3.8, 4) is 10.4 Å². The Morgan fingerprint density at radius 3 is 2.86 bits per heavy atom. The van der Waals surface area contributed by atoms with Crippen LogP contribution in [0.5, 0.6) is 0 Å². The summed E-state index contributed by atoms with van der Waals surface area (Å²) in [7, 11) is 1.91. The monoisotopic (exact) mass is 208 g/mol. The van der Waals surface area contributed by atoms with E-state index in [1.807, 2.05) is 26.4 Å². The van der Waals surface area contributed by atoms with E-state index >= 15 is 0 Å². The van der Waals surface area contributed by atoms with Gasteiger partial charge in [-0.2, -0.15) is 5.10 Å². The van der Waals surface area contributed by atoms with Crippen LogP contribution in [0.4, 0.5) is 0 Å². The summed E-state index contributed by atoms with van der Waals surface area (Å²) in [4.78, 5) is 5.54. The molecule has 0 aromatic carbocycles. The van der Waals surface area contributed by atoms with Gasteiger partial charge in [-0.15, -0.1) is 11.3 Å². The van der Waals surface area contributed by atoms with E-state index in [1.165, 1.54) is 4.88 Å². The molecule has 0 radical (unpaired) electrons. The van der Waals surface area contributed by atoms with E-state index in [1.54, 1.807) is 16.0 Å². The highest BCUT2D eigenvalue weighted by Gasteiger charge is 2.09. The van der Waals surface area contributed by atoms with Gasteiger partial charge in [-0.25, -0.2) is 4.98 Å². The molecule has 0 saturated heterocycles. The second-order valence-corrected chi connectivity index (χ2v) is 4.21. The average Bonchev–Trinajstić information content (AvgIpc) is 2.71. The Balaban J connectivity index is 2.45. The van der Waals surface area contributed by atoms with E-state index in [0.29, 0.717) is 6.54 Å². The smallest absolute Gasteiger partial charge is 0.107 e. The summed E-state index contributed by atoms with van der Waals surface area (Å²) >= 11 is 1.64. The molecule has 14 heavy (non-hydrogen) atoms. The topological polar surface area (TPSA) is 56.7 Å². The first-order chi connectivity index (χ1) is 6.70. The lowest BCUT2D eigenvalue weighted by Gasteiger charge is -1.90. The van der Waals surface area contributed by atoms with Crippen molar-refractivity contribution in [3.05, 3.63) is 23.1 Å². The third-order valence-corrected chi connectivity index (χ3v) is 3.21. The fourth-order valence-electron chi connectivity index (χ4n) is 1.35. The first-order valence-electron chi connectivity index (χ1n) is 4.36. The zero-order valence-electron chi connectivity index (χ0n) is 8.19. The predicted octanol–water partition coefficient (Wildman–Crippen LogP) is 1.31. The number of aromatic nitrogens is 3. The van der Waals surface area contributed by atoms with Gasteiger partial charge >= 0.3 is 0 Å². The van der Waals surface area contributed by atoms with E-state index in [-0.39, 0.29) is 0 Å². The molecule has 0 aliphatic heterocycles. The maximum Gasteiger partial charge on any atom is 0.107 e. The molecule has 2 heterocycles. The normalized spacial score (nSPS) is 10.8. The Morgan fingerprint density at radius 2 is 2.36 bits per heavy atom. The summed E-state index contributed by atoms with van der Waals surface area (Å²) in [5.41, 5.74) is 7.69. The van der Waals surface area contributed by atoms with Gasteiger partial charge in [0.25, 0.3) is 0 Å². The van der Waals surface area contributed by atoms with Crippen LogP contribution in [0.1, 0.15) is 10.7 Å². The molecule has 0 aliphatic rings. The Hall–Kier alpha value is -1.20. The predicted molar refractivity (Wildman–Crippen MR) is 56.9 cm³/mol. The van der Waals surface area contributed by atoms with Crippen LogP contribution in [-0.4, -0.2) is 14.8 Å². The summed E-state index contributed by atoms with van der Waals surface area (Å²) in [6.07, 6.45) is 3.83. The quantitative estimate of drug-likeness (QED) is 0.809. The van der Waals surface area contributed by atoms with E-state index in [2.05, 4.69) is 10.1 Å². The lowest BCUT2D eigenvalue weighted by molar-refractivity contribution is 0.768. The van der Waals surface area contributed by atoms with Crippen molar-refractivity contribution in [1.82, 2.24) is 14.8 Å². The summed E-state index contributed by atoms with van der Waals surface area (Å²) in [6.45, 7) is 2.50. The Labute approximate surface area is 86.4 Å². The molecule has 74 valence electrons. The zero-order chi connectivity index (χ0) is 10.1. The molecule has 2 rings (SSSR count). The van der Waals surface area contributed by atoms with Crippen molar-refractivity contribution >= 4 is 11.3 Å². The minimum absolute atomic E-state index is 0.506. The SMILES string of the molecule is Cc1nc(CN)sc1-c1cnn(C)c1. The summed E-state index contributed by atoms with van der Waals surface area (Å²) in [5, 5.41) is 5.11. The van der Waals surface area contributed by atoms with Gasteiger partial charge in [0.2, 0.25) is 0 Å². The van der Waals surface area contributed by atoms with Gasteiger partial charge in [-0.05, 0) is 6.92 Å². The van der Waals surface area contributed by atoms with Crippen LogP contribution in [-0.2, 0) is 13.6 Å². The fraction of sp³-hybridized carbons (Fsp3) is 0.333. The molecule has 0 aliphatic carbocycles. The second kappa shape index (κ2) is 3.51. The first-order valence-corrected chi connectivity index (χ1v) is 5.17. The maximum absolute atomic E-state index is 5.54. The number of hydrogen-bond acceptors (Lipinski definition) is 4. The molecule has 4 nitrogen and oxygen atoms in total. The highest BCUT2D eigenvalue weighted by atomic mass is 32.1. The molecule has 2 N–H and O–H groups in total. The Kier molecular flexibility index (Phi) is 2.35. The highest BCUT2D eigenvalue weighted by Crippen LogP contribution is 2.29. The molecule has 0 amide bonds. The van der Waals surface area contributed by atoms with Crippen molar-refractivity contribution in [2.24, 2.45) is 12.8 Å². The number of aryl methyl sites for hydroxylation is 2. The zero-order valence-corrected chi connectivity index (χ0v) is 9.01. The van der Waals surface area contributed by atoms with E-state index in [4.69, 9.17) is 5.73 Å². The molecule has 0 atom stereocenters. The Bertz CT molecular complexity index is 443. The van der Waals surface area contributed by atoms with Crippen LogP contribution >= 0.6 is 11.3 Å². The van der Waals surface area contributed by atoms with Crippen molar-refractivity contribution in [2.75, 3.05) is 0 Å². The summed E-state index contributed by atoms with van der Waals surface area (Å²) < 4.78 is 1.79. The number of nitrogens with zero attached hydrogens (tertiary/aromatic N) is 3. The lowest BCUT2D eigenvalue weighted by Crippen LogP contribution is -1.94. The van der Waals surface area contributed by atoms with Crippen molar-refractivity contribution in [2.45, 2.75) is 13.5 Å². The van der Waals surface area contributed by atoms with Gasteiger partial charge in [0, 0.05) is 25.4 Å². The van der Waals surface area contributed by atoms with Gasteiger partial charge in [0.1, 0.15) is 5.01 Å². The number of thiazole rings is 1. The third-order valence-electron chi connectivity index (χ3n) is 1.98. The van der Waals surface area contributed by atoms with Crippen molar-refractivity contribution < 1.29 is 0 Å². The van der Waals surface area contributed by atoms with Crippen LogP contribution < -0.4 is 5.73 Å². The second-order valence-electron chi connectivity index (χ2n) is 3.13. The van der Waals surface area contributed by atoms with Gasteiger partial charge in [-0.1, -0.05) is 0 Å². The standard InChI is InChI=1S/C9H12N4S/c1-6-9(14-8(3-10)12-6)7-4-11-13(2)5-7/h4-5H,3,10H2,1-2H3. The molecule has 5 heteroatoms. The van der Waals surface area contributed by atoms with Gasteiger partial charge < -0.3 is 5.73 Å². The molecular weight excluding hydrogens is 196 g/mol. The minimum Gasteiger partial charge on any atom is -0.325 e. The van der Waals surface area contributed by atoms with Gasteiger partial charge in [0.15, 0.2) is 0 Å². The van der Waals surface area contributed by atoms with Crippen molar-refractivity contribution in [1.29, 1.82) is 0 Å². The van der Waals surface area contributed by atoms with Crippen LogP contribution in [0.3, 0.4) is 0 Å². The van der Waals surface area contributed by atoms with Gasteiger partial charge in [0.05, 0.1) is 16.8 Å². The van der Waals surface area contributed by atoms with Crippen LogP contribution in [0.2, 0.25) is 0 Å². The van der Waals surface area contributed by atoms with Crippen LogP contribution in [0.25, 0.3) is 10.4 Å². The lowest BCUT2D eigenvalue weighted by atomic mass is 10.2. The van der Waals surface area contributed by atoms with Crippen molar-refractivity contribution in [3.63, 3.8) is 0 Å². The molecule has 0 fully saturated rings. The fourth-order valence-corrected chi connectivity index (χ4v) is 2.26. The molecule has 0 saturated carbocycles. The number of nitrogens with two attached hydrogens (primary N) is 1. The summed E-state index contributed by atoms with van der Waals surface area (Å²) in [6, 6.07) is 0. The summed E-state index contributed by atoms with van der Waals surface area (Å²) in [5.74, 6) is 0. The number of rotatable bonds is 2. The molecule has 2 aromatic heterocycles. The average molecular weight is 208 g/mol. The van der Waals surface area contributed by atoms with Crippen LogP contribution in [0.15, 0.2) is 12.4 Å². The van der Waals surface area contributed by atoms with Crippen LogP contribution in [0, 0.1) is 6.92 Å². The third kappa shape index (κ3) is 1.56. The number of hydrogen-bond donors (Lipinski definition) is 1. The van der Waals surface area contributed by atoms with E-state index in [9.17, 15) is 0 Å². The minimum atomic E-state index is 0.506. The molecule has 2 aromatic rings. The van der Waals surface area contributed by atoms with E-state index < -0.39 is 0 Å². The molecule has 0 unspecified atom stereocenters.